The smallest absolute Gasteiger partial charge is 0.179 e. The average molecular weight is 549 g/mol. The highest BCUT2D eigenvalue weighted by Crippen LogP contribution is 2.34. The van der Waals surface area contributed by atoms with Crippen molar-refractivity contribution >= 4 is 43.6 Å². The van der Waals surface area contributed by atoms with E-state index in [0.29, 0.717) is 26.2 Å². The summed E-state index contributed by atoms with van der Waals surface area (Å²) in [6, 6.07) is 26.8. The molecule has 0 spiro atoms. The molecule has 6 aromatic rings. The Hall–Kier alpha value is -4.94. The van der Waals surface area contributed by atoms with Crippen LogP contribution in [0.25, 0.3) is 43.6 Å². The van der Waals surface area contributed by atoms with Crippen LogP contribution in [-0.2, 0) is 39.3 Å². The van der Waals surface area contributed by atoms with Crippen molar-refractivity contribution in [3.8, 4) is 12.4 Å². The Labute approximate surface area is 245 Å². The molecule has 42 heavy (non-hydrogen) atoms. The number of hydrogen-bond acceptors (Lipinski definition) is 4. The fraction of sp³-hybridized carbons (Fsp3) is 0.278. The van der Waals surface area contributed by atoms with Crippen LogP contribution in [-0.4, -0.2) is 18.9 Å². The summed E-state index contributed by atoms with van der Waals surface area (Å²) < 4.78 is 4.95. The standard InChI is InChI=1S/C36H32N6/c37-23-39-19-25-5-9-33-29(15-25)30-16-26-6-10-34(30)41(33)13-3-1-2-4-14-42-35-11-7-27(21-39)17-31(35)32-18-28(8-12-36(32)42)22-40(20-26)24-38/h5-12,15-18H,1-4,13-14,19-22H2. The van der Waals surface area contributed by atoms with Crippen molar-refractivity contribution < 1.29 is 0 Å². The van der Waals surface area contributed by atoms with Gasteiger partial charge in [0.2, 0.25) is 0 Å². The summed E-state index contributed by atoms with van der Waals surface area (Å²) in [7, 11) is 0. The van der Waals surface area contributed by atoms with E-state index in [4.69, 9.17) is 0 Å². The molecule has 6 nitrogen and oxygen atoms in total. The minimum atomic E-state index is 0.560. The fourth-order valence-electron chi connectivity index (χ4n) is 7.30. The first-order valence-corrected chi connectivity index (χ1v) is 15.1. The molecule has 6 aliphatic rings. The van der Waals surface area contributed by atoms with Crippen molar-refractivity contribution in [2.24, 2.45) is 0 Å². The van der Waals surface area contributed by atoms with Gasteiger partial charge < -0.3 is 18.9 Å². The molecule has 0 atom stereocenters. The maximum atomic E-state index is 10.2. The van der Waals surface area contributed by atoms with Gasteiger partial charge in [-0.2, -0.15) is 10.5 Å². The molecule has 0 amide bonds. The highest BCUT2D eigenvalue weighted by molar-refractivity contribution is 6.09. The number of benzene rings is 4. The maximum absolute atomic E-state index is 10.2. The van der Waals surface area contributed by atoms with Gasteiger partial charge in [0.15, 0.2) is 12.4 Å². The van der Waals surface area contributed by atoms with E-state index in [1.54, 1.807) is 0 Å². The van der Waals surface area contributed by atoms with Gasteiger partial charge in [0.1, 0.15) is 0 Å². The average Bonchev–Trinajstić information content (AvgIpc) is 3.48. The third kappa shape index (κ3) is 4.06. The van der Waals surface area contributed by atoms with Crippen molar-refractivity contribution in [3.05, 3.63) is 95.1 Å². The first-order valence-electron chi connectivity index (χ1n) is 15.1. The van der Waals surface area contributed by atoms with Crippen molar-refractivity contribution in [3.63, 3.8) is 0 Å². The Bertz CT molecular complexity index is 1820. The van der Waals surface area contributed by atoms with Crippen LogP contribution >= 0.6 is 0 Å². The van der Waals surface area contributed by atoms with E-state index in [2.05, 4.69) is 94.3 Å². The van der Waals surface area contributed by atoms with Gasteiger partial charge in [0.05, 0.1) is 26.2 Å². The normalized spacial score (nSPS) is 16.0. The van der Waals surface area contributed by atoms with Gasteiger partial charge in [-0.15, -0.1) is 0 Å². The predicted octanol–water partition coefficient (Wildman–Crippen LogP) is 7.76. The lowest BCUT2D eigenvalue weighted by Gasteiger charge is -2.17. The van der Waals surface area contributed by atoms with Crippen LogP contribution < -0.4 is 0 Å². The lowest BCUT2D eigenvalue weighted by atomic mass is 10.0. The highest BCUT2D eigenvalue weighted by atomic mass is 15.1. The highest BCUT2D eigenvalue weighted by Gasteiger charge is 2.18. The van der Waals surface area contributed by atoms with Crippen LogP contribution in [0.4, 0.5) is 0 Å². The second kappa shape index (κ2) is 9.86. The van der Waals surface area contributed by atoms with Crippen molar-refractivity contribution in [1.29, 1.82) is 10.5 Å². The molecule has 6 aliphatic heterocycles. The van der Waals surface area contributed by atoms with Crippen LogP contribution in [0.2, 0.25) is 0 Å². The summed E-state index contributed by atoms with van der Waals surface area (Å²) in [5.74, 6) is 0. The first-order chi connectivity index (χ1) is 20.7. The zero-order valence-corrected chi connectivity index (χ0v) is 23.7. The van der Waals surface area contributed by atoms with Crippen LogP contribution in [0.3, 0.4) is 0 Å². The number of aryl methyl sites for hydroxylation is 2. The van der Waals surface area contributed by atoms with Gasteiger partial charge in [-0.25, -0.2) is 0 Å². The first kappa shape index (κ1) is 24.8. The summed E-state index contributed by atoms with van der Waals surface area (Å²) in [6.07, 6.45) is 9.57. The molecule has 12 rings (SSSR count). The zero-order chi connectivity index (χ0) is 28.2. The molecule has 6 heteroatoms. The largest absolute Gasteiger partial charge is 0.340 e. The van der Waals surface area contributed by atoms with E-state index in [9.17, 15) is 10.5 Å². The predicted molar refractivity (Wildman–Crippen MR) is 167 cm³/mol. The Balaban J connectivity index is 1.40. The van der Waals surface area contributed by atoms with Crippen molar-refractivity contribution in [2.45, 2.75) is 65.0 Å². The molecule has 0 unspecified atom stereocenters. The number of fused-ring (bicyclic) bond motifs is 2. The second-order valence-electron chi connectivity index (χ2n) is 12.0. The molecule has 4 aromatic carbocycles. The molecular formula is C36H32N6. The van der Waals surface area contributed by atoms with Gasteiger partial charge >= 0.3 is 0 Å². The van der Waals surface area contributed by atoms with Gasteiger partial charge in [0, 0.05) is 56.7 Å². The minimum Gasteiger partial charge on any atom is -0.340 e. The van der Waals surface area contributed by atoms with Crippen molar-refractivity contribution in [1.82, 2.24) is 18.9 Å². The Kier molecular flexibility index (Phi) is 5.83. The van der Waals surface area contributed by atoms with E-state index >= 15 is 0 Å². The van der Waals surface area contributed by atoms with E-state index in [1.807, 2.05) is 9.80 Å². The van der Waals surface area contributed by atoms with Gasteiger partial charge in [0.25, 0.3) is 0 Å². The third-order valence-corrected chi connectivity index (χ3v) is 9.28. The Morgan fingerprint density at radius 1 is 0.429 bits per heavy atom. The number of nitrogens with zero attached hydrogens (tertiary/aromatic N) is 6. The van der Waals surface area contributed by atoms with Gasteiger partial charge in [-0.1, -0.05) is 37.1 Å². The molecule has 0 N–H and O–H groups in total. The molecule has 0 saturated heterocycles. The quantitative estimate of drug-likeness (QED) is 0.182. The van der Waals surface area contributed by atoms with Crippen LogP contribution in [0.1, 0.15) is 47.9 Å². The molecule has 0 aliphatic carbocycles. The van der Waals surface area contributed by atoms with E-state index < -0.39 is 0 Å². The second-order valence-corrected chi connectivity index (χ2v) is 12.0. The van der Waals surface area contributed by atoms with Crippen LogP contribution in [0, 0.1) is 22.9 Å². The minimum absolute atomic E-state index is 0.560. The molecule has 206 valence electrons. The number of hydrogen-bond donors (Lipinski definition) is 0. The summed E-state index contributed by atoms with van der Waals surface area (Å²) >= 11 is 0. The number of rotatable bonds is 0. The number of aromatic nitrogens is 2. The Morgan fingerprint density at radius 3 is 1.02 bits per heavy atom. The van der Waals surface area contributed by atoms with E-state index in [1.165, 1.54) is 56.5 Å². The van der Waals surface area contributed by atoms with Gasteiger partial charge in [-0.05, 0) is 83.6 Å². The zero-order valence-electron chi connectivity index (χ0n) is 23.7. The lowest BCUT2D eigenvalue weighted by molar-refractivity contribution is 0.379. The van der Waals surface area contributed by atoms with Crippen LogP contribution in [0.15, 0.2) is 72.8 Å². The molecule has 0 fully saturated rings. The van der Waals surface area contributed by atoms with Gasteiger partial charge in [-0.3, -0.25) is 0 Å². The topological polar surface area (TPSA) is 63.9 Å². The summed E-state index contributed by atoms with van der Waals surface area (Å²) in [4.78, 5) is 3.72. The Morgan fingerprint density at radius 2 is 0.738 bits per heavy atom. The summed E-state index contributed by atoms with van der Waals surface area (Å²) in [5.41, 5.74) is 9.50. The number of nitriles is 2. The molecular weight excluding hydrogens is 516 g/mol. The molecule has 0 radical (unpaired) electrons. The lowest BCUT2D eigenvalue weighted by Crippen LogP contribution is -2.16. The fourth-order valence-corrected chi connectivity index (χ4v) is 7.30. The summed E-state index contributed by atoms with van der Waals surface area (Å²) in [5, 5.41) is 25.2. The van der Waals surface area contributed by atoms with E-state index in [0.717, 1.165) is 48.2 Å². The third-order valence-electron chi connectivity index (χ3n) is 9.28. The molecule has 14 bridgehead atoms. The van der Waals surface area contributed by atoms with Crippen molar-refractivity contribution in [2.75, 3.05) is 0 Å². The monoisotopic (exact) mass is 548 g/mol. The van der Waals surface area contributed by atoms with Crippen LogP contribution in [0.5, 0.6) is 0 Å². The SMILES string of the molecule is N#CN1Cc2ccc3c(c2)c2cc4ccc2n3CCCCCCn2c3ccc(cc3c3cc(ccc32)CN(C#N)C4)C1. The molecule has 0 saturated carbocycles. The van der Waals surface area contributed by atoms with E-state index in [-0.39, 0.29) is 0 Å². The molecule has 2 aromatic heterocycles. The summed E-state index contributed by atoms with van der Waals surface area (Å²) in [6.45, 7) is 4.20. The maximum Gasteiger partial charge on any atom is 0.179 e. The molecule has 8 heterocycles.